The van der Waals surface area contributed by atoms with E-state index in [1.807, 2.05) is 0 Å². The van der Waals surface area contributed by atoms with Crippen molar-refractivity contribution in [3.8, 4) is 0 Å². The van der Waals surface area contributed by atoms with Gasteiger partial charge in [-0.05, 0) is 13.8 Å². The first kappa shape index (κ1) is 9.39. The molecule has 0 radical (unpaired) electrons. The smallest absolute Gasteiger partial charge is 0.0897 e. The van der Waals surface area contributed by atoms with E-state index in [9.17, 15) is 0 Å². The van der Waals surface area contributed by atoms with Crippen LogP contribution >= 0.6 is 0 Å². The molecule has 0 saturated heterocycles. The Labute approximate surface area is 74.6 Å². The highest BCUT2D eigenvalue weighted by molar-refractivity contribution is 4.92. The van der Waals surface area contributed by atoms with Crippen molar-refractivity contribution in [3.05, 3.63) is 12.4 Å². The van der Waals surface area contributed by atoms with E-state index in [0.29, 0.717) is 6.04 Å². The van der Waals surface area contributed by atoms with E-state index >= 15 is 0 Å². The molecule has 0 saturated carbocycles. The molecule has 0 aliphatic carbocycles. The third kappa shape index (κ3) is 2.14. The average molecular weight is 170 g/mol. The Morgan fingerprint density at radius 1 is 1.50 bits per heavy atom. The molecule has 3 heteroatoms. The largest absolute Gasteiger partial charge is 0.383 e. The van der Waals surface area contributed by atoms with Crippen LogP contribution in [0.15, 0.2) is 12.4 Å². The SMILES string of the molecule is CCN1C=CN(C(C)COC)C1. The zero-order valence-corrected chi connectivity index (χ0v) is 8.16. The van der Waals surface area contributed by atoms with Gasteiger partial charge in [0.15, 0.2) is 0 Å². The summed E-state index contributed by atoms with van der Waals surface area (Å²) in [7, 11) is 1.74. The highest BCUT2D eigenvalue weighted by Gasteiger charge is 2.15. The molecule has 0 bridgehead atoms. The minimum Gasteiger partial charge on any atom is -0.383 e. The molecule has 0 aromatic heterocycles. The Bertz CT molecular complexity index is 159. The van der Waals surface area contributed by atoms with Crippen LogP contribution in [-0.2, 0) is 4.74 Å². The van der Waals surface area contributed by atoms with Gasteiger partial charge < -0.3 is 14.5 Å². The lowest BCUT2D eigenvalue weighted by molar-refractivity contribution is 0.114. The van der Waals surface area contributed by atoms with Gasteiger partial charge in [-0.1, -0.05) is 0 Å². The maximum Gasteiger partial charge on any atom is 0.0897 e. The van der Waals surface area contributed by atoms with Gasteiger partial charge in [-0.2, -0.15) is 0 Å². The predicted molar refractivity (Wildman–Crippen MR) is 49.6 cm³/mol. The Kier molecular flexibility index (Phi) is 3.41. The Hall–Kier alpha value is -0.700. The predicted octanol–water partition coefficient (Wildman–Crippen LogP) is 1.09. The number of rotatable bonds is 4. The van der Waals surface area contributed by atoms with Crippen molar-refractivity contribution in [1.29, 1.82) is 0 Å². The normalized spacial score (nSPS) is 18.9. The van der Waals surface area contributed by atoms with Gasteiger partial charge in [0.25, 0.3) is 0 Å². The van der Waals surface area contributed by atoms with Gasteiger partial charge in [0.1, 0.15) is 0 Å². The molecular formula is C9H18N2O. The second-order valence-electron chi connectivity index (χ2n) is 3.16. The van der Waals surface area contributed by atoms with Crippen LogP contribution in [-0.4, -0.2) is 42.8 Å². The van der Waals surface area contributed by atoms with E-state index in [1.165, 1.54) is 0 Å². The lowest BCUT2D eigenvalue weighted by Crippen LogP contribution is -2.34. The first-order valence-corrected chi connectivity index (χ1v) is 4.45. The van der Waals surface area contributed by atoms with E-state index in [2.05, 4.69) is 36.0 Å². The first-order valence-electron chi connectivity index (χ1n) is 4.45. The first-order chi connectivity index (χ1) is 5.77. The number of hydrogen-bond acceptors (Lipinski definition) is 3. The zero-order chi connectivity index (χ0) is 8.97. The van der Waals surface area contributed by atoms with Crippen LogP contribution in [0.5, 0.6) is 0 Å². The van der Waals surface area contributed by atoms with Crippen molar-refractivity contribution >= 4 is 0 Å². The standard InChI is InChI=1S/C9H18N2O/c1-4-10-5-6-11(8-10)9(2)7-12-3/h5-6,9H,4,7-8H2,1-3H3. The van der Waals surface area contributed by atoms with Crippen LogP contribution in [0.3, 0.4) is 0 Å². The van der Waals surface area contributed by atoms with Crippen molar-refractivity contribution in [1.82, 2.24) is 9.80 Å². The fourth-order valence-electron chi connectivity index (χ4n) is 1.31. The van der Waals surface area contributed by atoms with E-state index in [0.717, 1.165) is 19.8 Å². The second kappa shape index (κ2) is 4.36. The molecule has 0 amide bonds. The number of hydrogen-bond donors (Lipinski definition) is 0. The molecule has 0 fully saturated rings. The van der Waals surface area contributed by atoms with Crippen molar-refractivity contribution in [2.75, 3.05) is 26.9 Å². The maximum atomic E-state index is 5.09. The monoisotopic (exact) mass is 170 g/mol. The Morgan fingerprint density at radius 3 is 2.75 bits per heavy atom. The highest BCUT2D eigenvalue weighted by atomic mass is 16.5. The molecule has 1 rings (SSSR count). The summed E-state index contributed by atoms with van der Waals surface area (Å²) >= 11 is 0. The quantitative estimate of drug-likeness (QED) is 0.628. The molecule has 1 aliphatic heterocycles. The van der Waals surface area contributed by atoms with E-state index in [4.69, 9.17) is 4.74 Å². The number of methoxy groups -OCH3 is 1. The summed E-state index contributed by atoms with van der Waals surface area (Å²) in [6.45, 7) is 7.21. The third-order valence-corrected chi connectivity index (χ3v) is 2.19. The van der Waals surface area contributed by atoms with Crippen LogP contribution in [0.4, 0.5) is 0 Å². The molecule has 12 heavy (non-hydrogen) atoms. The lowest BCUT2D eigenvalue weighted by Gasteiger charge is -2.25. The molecule has 0 N–H and O–H groups in total. The number of nitrogens with zero attached hydrogens (tertiary/aromatic N) is 2. The molecule has 1 heterocycles. The second-order valence-corrected chi connectivity index (χ2v) is 3.16. The zero-order valence-electron chi connectivity index (χ0n) is 8.16. The molecular weight excluding hydrogens is 152 g/mol. The fourth-order valence-corrected chi connectivity index (χ4v) is 1.31. The van der Waals surface area contributed by atoms with Crippen LogP contribution in [0.2, 0.25) is 0 Å². The third-order valence-electron chi connectivity index (χ3n) is 2.19. The van der Waals surface area contributed by atoms with Crippen LogP contribution in [0, 0.1) is 0 Å². The van der Waals surface area contributed by atoms with Gasteiger partial charge in [0.2, 0.25) is 0 Å². The molecule has 0 spiro atoms. The summed E-state index contributed by atoms with van der Waals surface area (Å²) in [6.07, 6.45) is 4.26. The number of ether oxygens (including phenoxy) is 1. The molecule has 70 valence electrons. The summed E-state index contributed by atoms with van der Waals surface area (Å²) in [5.41, 5.74) is 0. The van der Waals surface area contributed by atoms with E-state index < -0.39 is 0 Å². The molecule has 0 aromatic rings. The summed E-state index contributed by atoms with van der Waals surface area (Å²) in [5.74, 6) is 0. The molecule has 1 unspecified atom stereocenters. The topological polar surface area (TPSA) is 15.7 Å². The van der Waals surface area contributed by atoms with Crippen molar-refractivity contribution < 1.29 is 4.74 Å². The molecule has 1 aliphatic rings. The van der Waals surface area contributed by atoms with E-state index in [1.54, 1.807) is 7.11 Å². The fraction of sp³-hybridized carbons (Fsp3) is 0.778. The van der Waals surface area contributed by atoms with Crippen molar-refractivity contribution in [2.24, 2.45) is 0 Å². The highest BCUT2D eigenvalue weighted by Crippen LogP contribution is 2.09. The molecule has 3 nitrogen and oxygen atoms in total. The lowest BCUT2D eigenvalue weighted by atomic mass is 10.3. The van der Waals surface area contributed by atoms with Gasteiger partial charge >= 0.3 is 0 Å². The summed E-state index contributed by atoms with van der Waals surface area (Å²) in [6, 6.07) is 0.475. The van der Waals surface area contributed by atoms with Crippen LogP contribution < -0.4 is 0 Å². The van der Waals surface area contributed by atoms with Gasteiger partial charge in [-0.15, -0.1) is 0 Å². The Balaban J connectivity index is 2.32. The van der Waals surface area contributed by atoms with Gasteiger partial charge in [-0.25, -0.2) is 0 Å². The van der Waals surface area contributed by atoms with Gasteiger partial charge in [-0.3, -0.25) is 0 Å². The Morgan fingerprint density at radius 2 is 2.25 bits per heavy atom. The molecule has 1 atom stereocenters. The molecule has 0 aromatic carbocycles. The average Bonchev–Trinajstić information content (AvgIpc) is 2.52. The van der Waals surface area contributed by atoms with Crippen molar-refractivity contribution in [3.63, 3.8) is 0 Å². The van der Waals surface area contributed by atoms with Gasteiger partial charge in [0, 0.05) is 26.1 Å². The summed E-state index contributed by atoms with van der Waals surface area (Å²) < 4.78 is 5.09. The maximum absolute atomic E-state index is 5.09. The van der Waals surface area contributed by atoms with E-state index in [-0.39, 0.29) is 0 Å². The van der Waals surface area contributed by atoms with Crippen LogP contribution in [0.25, 0.3) is 0 Å². The minimum atomic E-state index is 0.475. The summed E-state index contributed by atoms with van der Waals surface area (Å²) in [4.78, 5) is 4.55. The van der Waals surface area contributed by atoms with Gasteiger partial charge in [0.05, 0.1) is 19.3 Å². The minimum absolute atomic E-state index is 0.475. The van der Waals surface area contributed by atoms with Crippen molar-refractivity contribution in [2.45, 2.75) is 19.9 Å². The summed E-state index contributed by atoms with van der Waals surface area (Å²) in [5, 5.41) is 0. The van der Waals surface area contributed by atoms with Crippen LogP contribution in [0.1, 0.15) is 13.8 Å².